The SMILES string of the molecule is O=C(CCCCC=C(COc1ccc2ccccc2c1)C(=O)NC1CCN(C2CCCCC2)C1)NO. The summed E-state index contributed by atoms with van der Waals surface area (Å²) in [5.41, 5.74) is 2.28. The van der Waals surface area contributed by atoms with Gasteiger partial charge in [0.05, 0.1) is 5.57 Å². The average Bonchev–Trinajstić information content (AvgIpc) is 3.38. The number of hydrogen-bond donors (Lipinski definition) is 3. The predicted octanol–water partition coefficient (Wildman–Crippen LogP) is 4.73. The summed E-state index contributed by atoms with van der Waals surface area (Å²) in [6, 6.07) is 14.9. The van der Waals surface area contributed by atoms with Crippen molar-refractivity contribution in [2.45, 2.75) is 76.3 Å². The summed E-state index contributed by atoms with van der Waals surface area (Å²) in [6.45, 7) is 2.17. The fraction of sp³-hybridized carbons (Fsp3) is 0.517. The first kappa shape index (κ1) is 26.2. The van der Waals surface area contributed by atoms with E-state index in [0.29, 0.717) is 24.5 Å². The lowest BCUT2D eigenvalue weighted by Gasteiger charge is -2.31. The van der Waals surface area contributed by atoms with Crippen LogP contribution in [0, 0.1) is 0 Å². The number of hydrogen-bond acceptors (Lipinski definition) is 5. The maximum atomic E-state index is 13.3. The molecule has 2 amide bonds. The number of unbranched alkanes of at least 4 members (excludes halogenated alkanes) is 2. The van der Waals surface area contributed by atoms with Gasteiger partial charge in [-0.2, -0.15) is 0 Å². The Morgan fingerprint density at radius 2 is 1.83 bits per heavy atom. The highest BCUT2D eigenvalue weighted by Crippen LogP contribution is 2.26. The van der Waals surface area contributed by atoms with Crippen LogP contribution in [0.4, 0.5) is 0 Å². The number of ether oxygens (including phenoxy) is 1. The first-order chi connectivity index (χ1) is 17.6. The molecule has 1 heterocycles. The molecule has 2 aromatic carbocycles. The second kappa shape index (κ2) is 13.4. The molecule has 0 radical (unpaired) electrons. The maximum Gasteiger partial charge on any atom is 0.250 e. The lowest BCUT2D eigenvalue weighted by atomic mass is 9.94. The van der Waals surface area contributed by atoms with E-state index in [2.05, 4.69) is 16.3 Å². The highest BCUT2D eigenvalue weighted by atomic mass is 16.5. The van der Waals surface area contributed by atoms with E-state index < -0.39 is 0 Å². The summed E-state index contributed by atoms with van der Waals surface area (Å²) in [5, 5.41) is 14.2. The Labute approximate surface area is 213 Å². The molecule has 2 aromatic rings. The Morgan fingerprint density at radius 3 is 2.64 bits per heavy atom. The quantitative estimate of drug-likeness (QED) is 0.182. The predicted molar refractivity (Wildman–Crippen MR) is 141 cm³/mol. The van der Waals surface area contributed by atoms with Crippen molar-refractivity contribution in [1.29, 1.82) is 0 Å². The Balaban J connectivity index is 1.34. The molecule has 7 nitrogen and oxygen atoms in total. The van der Waals surface area contributed by atoms with Crippen LogP contribution in [0.2, 0.25) is 0 Å². The average molecular weight is 494 g/mol. The van der Waals surface area contributed by atoms with Gasteiger partial charge in [-0.1, -0.05) is 55.7 Å². The molecule has 7 heteroatoms. The second-order valence-electron chi connectivity index (χ2n) is 10.1. The van der Waals surface area contributed by atoms with E-state index in [-0.39, 0.29) is 30.9 Å². The Morgan fingerprint density at radius 1 is 1.03 bits per heavy atom. The van der Waals surface area contributed by atoms with E-state index in [1.807, 2.05) is 42.5 Å². The molecule has 1 aliphatic heterocycles. The number of carbonyl (C=O) groups excluding carboxylic acids is 2. The first-order valence-corrected chi connectivity index (χ1v) is 13.4. The normalized spacial score (nSPS) is 19.4. The topological polar surface area (TPSA) is 90.9 Å². The molecule has 1 unspecified atom stereocenters. The van der Waals surface area contributed by atoms with E-state index in [4.69, 9.17) is 9.94 Å². The van der Waals surface area contributed by atoms with Crippen molar-refractivity contribution in [1.82, 2.24) is 15.7 Å². The maximum absolute atomic E-state index is 13.3. The van der Waals surface area contributed by atoms with Gasteiger partial charge in [0.15, 0.2) is 0 Å². The largest absolute Gasteiger partial charge is 0.489 e. The van der Waals surface area contributed by atoms with Gasteiger partial charge in [0.25, 0.3) is 5.91 Å². The van der Waals surface area contributed by atoms with Crippen molar-refractivity contribution >= 4 is 22.6 Å². The van der Waals surface area contributed by atoms with Crippen LogP contribution in [0.5, 0.6) is 5.75 Å². The van der Waals surface area contributed by atoms with Crippen molar-refractivity contribution in [2.75, 3.05) is 19.7 Å². The Bertz CT molecular complexity index is 1050. The number of nitrogens with one attached hydrogen (secondary N) is 2. The Kier molecular flexibility index (Phi) is 9.76. The van der Waals surface area contributed by atoms with Crippen LogP contribution in [0.1, 0.15) is 64.2 Å². The van der Waals surface area contributed by atoms with Crippen LogP contribution in [0.3, 0.4) is 0 Å². The number of allylic oxidation sites excluding steroid dienone is 1. The monoisotopic (exact) mass is 493 g/mol. The van der Waals surface area contributed by atoms with E-state index in [0.717, 1.165) is 42.5 Å². The van der Waals surface area contributed by atoms with Gasteiger partial charge in [-0.15, -0.1) is 0 Å². The zero-order valence-corrected chi connectivity index (χ0v) is 21.1. The zero-order valence-electron chi connectivity index (χ0n) is 21.1. The zero-order chi connectivity index (χ0) is 25.2. The number of nitrogens with zero attached hydrogens (tertiary/aromatic N) is 1. The third-order valence-corrected chi connectivity index (χ3v) is 7.43. The number of amides is 2. The van der Waals surface area contributed by atoms with Crippen molar-refractivity contribution in [3.05, 3.63) is 54.1 Å². The molecule has 1 atom stereocenters. The summed E-state index contributed by atoms with van der Waals surface area (Å²) in [6.07, 6.45) is 11.8. The molecule has 2 fully saturated rings. The van der Waals surface area contributed by atoms with E-state index in [9.17, 15) is 9.59 Å². The lowest BCUT2D eigenvalue weighted by Crippen LogP contribution is -2.41. The summed E-state index contributed by atoms with van der Waals surface area (Å²) in [4.78, 5) is 27.1. The molecular weight excluding hydrogens is 454 g/mol. The van der Waals surface area contributed by atoms with Crippen molar-refractivity contribution in [2.24, 2.45) is 0 Å². The molecule has 4 rings (SSSR count). The first-order valence-electron chi connectivity index (χ1n) is 13.4. The van der Waals surface area contributed by atoms with Crippen LogP contribution in [0.15, 0.2) is 54.1 Å². The van der Waals surface area contributed by atoms with Crippen LogP contribution in [0.25, 0.3) is 10.8 Å². The fourth-order valence-corrected chi connectivity index (χ4v) is 5.36. The third kappa shape index (κ3) is 7.55. The van der Waals surface area contributed by atoms with Gasteiger partial charge in [-0.05, 0) is 61.4 Å². The fourth-order valence-electron chi connectivity index (χ4n) is 5.36. The van der Waals surface area contributed by atoms with E-state index in [1.54, 1.807) is 5.48 Å². The van der Waals surface area contributed by atoms with Gasteiger partial charge in [-0.3, -0.25) is 19.7 Å². The molecule has 194 valence electrons. The highest BCUT2D eigenvalue weighted by Gasteiger charge is 2.30. The minimum atomic E-state index is -0.389. The van der Waals surface area contributed by atoms with Gasteiger partial charge in [0, 0.05) is 31.6 Å². The number of fused-ring (bicyclic) bond motifs is 1. The van der Waals surface area contributed by atoms with Gasteiger partial charge in [-0.25, -0.2) is 5.48 Å². The second-order valence-corrected chi connectivity index (χ2v) is 10.1. The molecule has 0 spiro atoms. The van der Waals surface area contributed by atoms with Gasteiger partial charge >= 0.3 is 0 Å². The molecule has 3 N–H and O–H groups in total. The molecule has 36 heavy (non-hydrogen) atoms. The number of benzene rings is 2. The molecule has 0 bridgehead atoms. The molecule has 0 aromatic heterocycles. The third-order valence-electron chi connectivity index (χ3n) is 7.43. The number of likely N-dealkylation sites (tertiary alicyclic amines) is 1. The van der Waals surface area contributed by atoms with Crippen molar-refractivity contribution < 1.29 is 19.5 Å². The van der Waals surface area contributed by atoms with Crippen LogP contribution < -0.4 is 15.5 Å². The molecule has 1 saturated heterocycles. The van der Waals surface area contributed by atoms with Crippen LogP contribution >= 0.6 is 0 Å². The summed E-state index contributed by atoms with van der Waals surface area (Å²) in [5.74, 6) is 0.274. The minimum Gasteiger partial charge on any atom is -0.489 e. The van der Waals surface area contributed by atoms with Crippen LogP contribution in [-0.4, -0.2) is 53.7 Å². The van der Waals surface area contributed by atoms with Crippen molar-refractivity contribution in [3.63, 3.8) is 0 Å². The van der Waals surface area contributed by atoms with Crippen molar-refractivity contribution in [3.8, 4) is 5.75 Å². The molecule has 2 aliphatic rings. The summed E-state index contributed by atoms with van der Waals surface area (Å²) >= 11 is 0. The Hall–Kier alpha value is -2.90. The van der Waals surface area contributed by atoms with Crippen LogP contribution in [-0.2, 0) is 9.59 Å². The summed E-state index contributed by atoms with van der Waals surface area (Å²) in [7, 11) is 0. The number of carbonyl (C=O) groups is 2. The standard InChI is InChI=1S/C29H39N3O4/c33-28(31-35)14-6-1-3-11-24(21-36-27-16-15-22-9-7-8-10-23(22)19-27)29(34)30-25-17-18-32(20-25)26-12-4-2-5-13-26/h7-11,15-16,19,25-26,35H,1-6,12-14,17-18,20-21H2,(H,30,34)(H,31,33). The van der Waals surface area contributed by atoms with Gasteiger partial charge in [0.2, 0.25) is 5.91 Å². The van der Waals surface area contributed by atoms with Gasteiger partial charge < -0.3 is 10.1 Å². The van der Waals surface area contributed by atoms with E-state index >= 15 is 0 Å². The van der Waals surface area contributed by atoms with E-state index in [1.165, 1.54) is 32.1 Å². The summed E-state index contributed by atoms with van der Waals surface area (Å²) < 4.78 is 6.05. The molecule has 1 saturated carbocycles. The number of rotatable bonds is 11. The lowest BCUT2D eigenvalue weighted by molar-refractivity contribution is -0.129. The molecular formula is C29H39N3O4. The van der Waals surface area contributed by atoms with Gasteiger partial charge in [0.1, 0.15) is 12.4 Å². The number of hydroxylamine groups is 1. The molecule has 1 aliphatic carbocycles. The smallest absolute Gasteiger partial charge is 0.250 e. The minimum absolute atomic E-state index is 0.0700. The highest BCUT2D eigenvalue weighted by molar-refractivity contribution is 5.94.